The van der Waals surface area contributed by atoms with Crippen molar-refractivity contribution < 1.29 is 13.2 Å². The SMILES string of the molecule is Cc1cc(C(C)NCc2ccc(F)c(F)c2)c(C)o1. The molecule has 2 aromatic rings. The van der Waals surface area contributed by atoms with Crippen molar-refractivity contribution >= 4 is 0 Å². The first-order valence-corrected chi connectivity index (χ1v) is 6.21. The van der Waals surface area contributed by atoms with Crippen molar-refractivity contribution in [1.82, 2.24) is 5.32 Å². The van der Waals surface area contributed by atoms with Gasteiger partial charge in [-0.25, -0.2) is 8.78 Å². The summed E-state index contributed by atoms with van der Waals surface area (Å²) in [6.45, 7) is 6.30. The van der Waals surface area contributed by atoms with Crippen molar-refractivity contribution in [3.8, 4) is 0 Å². The third-order valence-corrected chi connectivity index (χ3v) is 3.14. The van der Waals surface area contributed by atoms with Crippen molar-refractivity contribution in [2.45, 2.75) is 33.4 Å². The Balaban J connectivity index is 2.02. The zero-order valence-electron chi connectivity index (χ0n) is 11.3. The highest BCUT2D eigenvalue weighted by atomic mass is 19.2. The molecule has 4 heteroatoms. The first-order valence-electron chi connectivity index (χ1n) is 6.21. The van der Waals surface area contributed by atoms with E-state index in [4.69, 9.17) is 4.42 Å². The van der Waals surface area contributed by atoms with Gasteiger partial charge in [0.05, 0.1) is 0 Å². The number of hydrogen-bond donors (Lipinski definition) is 1. The standard InChI is InChI=1S/C15H17F2NO/c1-9-6-13(11(3)19-9)10(2)18-8-12-4-5-14(16)15(17)7-12/h4-7,10,18H,8H2,1-3H3. The van der Waals surface area contributed by atoms with Crippen LogP contribution >= 0.6 is 0 Å². The quantitative estimate of drug-likeness (QED) is 0.903. The molecule has 0 spiro atoms. The monoisotopic (exact) mass is 265 g/mol. The van der Waals surface area contributed by atoms with Crippen LogP contribution in [0.1, 0.15) is 35.6 Å². The first-order chi connectivity index (χ1) is 8.97. The van der Waals surface area contributed by atoms with Crippen LogP contribution < -0.4 is 5.32 Å². The summed E-state index contributed by atoms with van der Waals surface area (Å²) in [5, 5.41) is 3.27. The minimum Gasteiger partial charge on any atom is -0.466 e. The lowest BCUT2D eigenvalue weighted by Crippen LogP contribution is -2.18. The Hall–Kier alpha value is -1.68. The molecule has 1 aromatic heterocycles. The van der Waals surface area contributed by atoms with Crippen LogP contribution in [-0.4, -0.2) is 0 Å². The van der Waals surface area contributed by atoms with Gasteiger partial charge in [-0.05, 0) is 44.5 Å². The van der Waals surface area contributed by atoms with Crippen molar-refractivity contribution in [3.05, 3.63) is 58.5 Å². The van der Waals surface area contributed by atoms with E-state index < -0.39 is 11.6 Å². The highest BCUT2D eigenvalue weighted by molar-refractivity contribution is 5.24. The Morgan fingerprint density at radius 2 is 1.89 bits per heavy atom. The molecule has 0 radical (unpaired) electrons. The van der Waals surface area contributed by atoms with Gasteiger partial charge in [0.1, 0.15) is 11.5 Å². The van der Waals surface area contributed by atoms with E-state index in [9.17, 15) is 8.78 Å². The molecular weight excluding hydrogens is 248 g/mol. The molecule has 1 heterocycles. The van der Waals surface area contributed by atoms with Gasteiger partial charge in [0.2, 0.25) is 0 Å². The maximum Gasteiger partial charge on any atom is 0.159 e. The van der Waals surface area contributed by atoms with E-state index in [1.807, 2.05) is 26.8 Å². The lowest BCUT2D eigenvalue weighted by atomic mass is 10.1. The van der Waals surface area contributed by atoms with Crippen LogP contribution in [0.2, 0.25) is 0 Å². The van der Waals surface area contributed by atoms with Crippen LogP contribution in [0.3, 0.4) is 0 Å². The van der Waals surface area contributed by atoms with Gasteiger partial charge in [0, 0.05) is 18.2 Å². The van der Waals surface area contributed by atoms with E-state index in [0.717, 1.165) is 23.2 Å². The van der Waals surface area contributed by atoms with Crippen LogP contribution in [0.25, 0.3) is 0 Å². The van der Waals surface area contributed by atoms with Gasteiger partial charge in [-0.15, -0.1) is 0 Å². The number of benzene rings is 1. The molecule has 1 aromatic carbocycles. The molecule has 0 fully saturated rings. The lowest BCUT2D eigenvalue weighted by molar-refractivity contribution is 0.488. The van der Waals surface area contributed by atoms with Crippen LogP contribution in [0, 0.1) is 25.5 Å². The van der Waals surface area contributed by atoms with Gasteiger partial charge >= 0.3 is 0 Å². The zero-order chi connectivity index (χ0) is 14.0. The molecule has 0 aliphatic heterocycles. The molecule has 19 heavy (non-hydrogen) atoms. The van der Waals surface area contributed by atoms with E-state index in [-0.39, 0.29) is 6.04 Å². The molecule has 1 N–H and O–H groups in total. The predicted molar refractivity (Wildman–Crippen MR) is 69.8 cm³/mol. The van der Waals surface area contributed by atoms with E-state index in [2.05, 4.69) is 5.32 Å². The summed E-state index contributed by atoms with van der Waals surface area (Å²) in [6.07, 6.45) is 0. The topological polar surface area (TPSA) is 25.2 Å². The molecule has 0 saturated heterocycles. The Labute approximate surface area is 111 Å². The van der Waals surface area contributed by atoms with Crippen LogP contribution in [-0.2, 0) is 6.54 Å². The van der Waals surface area contributed by atoms with Crippen molar-refractivity contribution in [1.29, 1.82) is 0 Å². The third kappa shape index (κ3) is 3.20. The largest absolute Gasteiger partial charge is 0.466 e. The van der Waals surface area contributed by atoms with Gasteiger partial charge < -0.3 is 9.73 Å². The predicted octanol–water partition coefficient (Wildman–Crippen LogP) is 4.03. The Morgan fingerprint density at radius 1 is 1.16 bits per heavy atom. The average molecular weight is 265 g/mol. The summed E-state index contributed by atoms with van der Waals surface area (Å²) in [5.74, 6) is 0.108. The van der Waals surface area contributed by atoms with Gasteiger partial charge in [-0.2, -0.15) is 0 Å². The Bertz CT molecular complexity index is 578. The number of furan rings is 1. The van der Waals surface area contributed by atoms with Crippen LogP contribution in [0.4, 0.5) is 8.78 Å². The maximum absolute atomic E-state index is 13.1. The Kier molecular flexibility index (Phi) is 4.00. The summed E-state index contributed by atoms with van der Waals surface area (Å²) in [6, 6.07) is 6.00. The molecule has 0 bridgehead atoms. The average Bonchev–Trinajstić information content (AvgIpc) is 2.70. The van der Waals surface area contributed by atoms with E-state index in [1.54, 1.807) is 6.07 Å². The van der Waals surface area contributed by atoms with Crippen LogP contribution in [0.5, 0.6) is 0 Å². The van der Waals surface area contributed by atoms with E-state index in [1.165, 1.54) is 6.07 Å². The van der Waals surface area contributed by atoms with Crippen molar-refractivity contribution in [2.75, 3.05) is 0 Å². The minimum atomic E-state index is -0.821. The molecule has 1 unspecified atom stereocenters. The van der Waals surface area contributed by atoms with Gasteiger partial charge in [0.25, 0.3) is 0 Å². The van der Waals surface area contributed by atoms with E-state index >= 15 is 0 Å². The highest BCUT2D eigenvalue weighted by Crippen LogP contribution is 2.21. The van der Waals surface area contributed by atoms with Gasteiger partial charge in [-0.3, -0.25) is 0 Å². The minimum absolute atomic E-state index is 0.0885. The first kappa shape index (κ1) is 13.7. The molecule has 0 saturated carbocycles. The molecule has 2 nitrogen and oxygen atoms in total. The normalized spacial score (nSPS) is 12.7. The fourth-order valence-corrected chi connectivity index (χ4v) is 2.11. The number of halogens is 2. The molecular formula is C15H17F2NO. The van der Waals surface area contributed by atoms with E-state index in [0.29, 0.717) is 12.1 Å². The lowest BCUT2D eigenvalue weighted by Gasteiger charge is -2.13. The number of nitrogens with one attached hydrogen (secondary N) is 1. The summed E-state index contributed by atoms with van der Waals surface area (Å²) >= 11 is 0. The molecule has 0 aliphatic rings. The molecule has 0 aliphatic carbocycles. The van der Waals surface area contributed by atoms with Crippen molar-refractivity contribution in [2.24, 2.45) is 0 Å². The Morgan fingerprint density at radius 3 is 2.47 bits per heavy atom. The third-order valence-electron chi connectivity index (χ3n) is 3.14. The van der Waals surface area contributed by atoms with Crippen molar-refractivity contribution in [3.63, 3.8) is 0 Å². The fourth-order valence-electron chi connectivity index (χ4n) is 2.11. The zero-order valence-corrected chi connectivity index (χ0v) is 11.3. The summed E-state index contributed by atoms with van der Waals surface area (Å²) < 4.78 is 31.4. The molecule has 0 amide bonds. The number of hydrogen-bond acceptors (Lipinski definition) is 2. The fraction of sp³-hybridized carbons (Fsp3) is 0.333. The number of rotatable bonds is 4. The van der Waals surface area contributed by atoms with Crippen LogP contribution in [0.15, 0.2) is 28.7 Å². The smallest absolute Gasteiger partial charge is 0.159 e. The second kappa shape index (κ2) is 5.53. The molecule has 102 valence electrons. The second-order valence-corrected chi connectivity index (χ2v) is 4.72. The van der Waals surface area contributed by atoms with Gasteiger partial charge in [-0.1, -0.05) is 6.07 Å². The highest BCUT2D eigenvalue weighted by Gasteiger charge is 2.12. The summed E-state index contributed by atoms with van der Waals surface area (Å²) in [7, 11) is 0. The number of aryl methyl sites for hydroxylation is 2. The summed E-state index contributed by atoms with van der Waals surface area (Å²) in [5.41, 5.74) is 1.80. The summed E-state index contributed by atoms with van der Waals surface area (Å²) in [4.78, 5) is 0. The molecule has 2 rings (SSSR count). The molecule has 1 atom stereocenters. The van der Waals surface area contributed by atoms with Gasteiger partial charge in [0.15, 0.2) is 11.6 Å². The second-order valence-electron chi connectivity index (χ2n) is 4.72. The maximum atomic E-state index is 13.1.